The molecule has 0 radical (unpaired) electrons. The molecule has 0 spiro atoms. The van der Waals surface area contributed by atoms with E-state index in [0.29, 0.717) is 23.7 Å². The first kappa shape index (κ1) is 13.2. The van der Waals surface area contributed by atoms with E-state index in [9.17, 15) is 4.79 Å². The van der Waals surface area contributed by atoms with Crippen LogP contribution < -0.4 is 0 Å². The lowest BCUT2D eigenvalue weighted by molar-refractivity contribution is -0.136. The molecule has 2 aliphatic rings. The van der Waals surface area contributed by atoms with E-state index < -0.39 is 0 Å². The van der Waals surface area contributed by atoms with Gasteiger partial charge >= 0.3 is 0 Å². The summed E-state index contributed by atoms with van der Waals surface area (Å²) in [6, 6.07) is 0.520. The highest BCUT2D eigenvalue weighted by molar-refractivity contribution is 6.18. The van der Waals surface area contributed by atoms with Crippen LogP contribution in [-0.4, -0.2) is 29.3 Å². The van der Waals surface area contributed by atoms with Gasteiger partial charge in [-0.05, 0) is 25.7 Å². The molecule has 2 aliphatic carbocycles. The van der Waals surface area contributed by atoms with Crippen molar-refractivity contribution in [3.05, 3.63) is 0 Å². The Bertz CT molecular complexity index is 245. The molecule has 0 bridgehead atoms. The van der Waals surface area contributed by atoms with Crippen LogP contribution in [0, 0.1) is 5.92 Å². The van der Waals surface area contributed by atoms with Gasteiger partial charge in [-0.25, -0.2) is 0 Å². The van der Waals surface area contributed by atoms with Crippen LogP contribution in [0.3, 0.4) is 0 Å². The molecule has 0 saturated heterocycles. The van der Waals surface area contributed by atoms with E-state index >= 15 is 0 Å². The lowest BCUT2D eigenvalue weighted by Gasteiger charge is -2.28. The Labute approximate surface area is 110 Å². The van der Waals surface area contributed by atoms with Crippen LogP contribution in [0.5, 0.6) is 0 Å². The van der Waals surface area contributed by atoms with Gasteiger partial charge in [-0.2, -0.15) is 0 Å². The van der Waals surface area contributed by atoms with Gasteiger partial charge in [0, 0.05) is 24.4 Å². The van der Waals surface area contributed by atoms with Gasteiger partial charge in [0.2, 0.25) is 5.91 Å². The highest BCUT2D eigenvalue weighted by Crippen LogP contribution is 2.31. The number of amides is 1. The van der Waals surface area contributed by atoms with Crippen LogP contribution in [0.1, 0.15) is 57.8 Å². The molecule has 17 heavy (non-hydrogen) atoms. The van der Waals surface area contributed by atoms with Gasteiger partial charge < -0.3 is 4.90 Å². The predicted molar refractivity (Wildman–Crippen MR) is 71.3 cm³/mol. The maximum Gasteiger partial charge on any atom is 0.225 e. The third kappa shape index (κ3) is 3.87. The standard InChI is InChI=1S/C14H24ClNO/c15-10-11-16(13-8-9-13)14(17)12-6-4-2-1-3-5-7-12/h12-13H,1-11H2. The predicted octanol–water partition coefficient (Wildman–Crippen LogP) is 3.58. The maximum absolute atomic E-state index is 12.5. The van der Waals surface area contributed by atoms with Crippen molar-refractivity contribution >= 4 is 17.5 Å². The number of carbonyl (C=O) groups is 1. The Morgan fingerprint density at radius 3 is 2.12 bits per heavy atom. The second-order valence-electron chi connectivity index (χ2n) is 5.49. The number of carbonyl (C=O) groups excluding carboxylic acids is 1. The van der Waals surface area contributed by atoms with Crippen LogP contribution in [-0.2, 0) is 4.79 Å². The zero-order chi connectivity index (χ0) is 12.1. The molecule has 0 unspecified atom stereocenters. The zero-order valence-electron chi connectivity index (χ0n) is 10.7. The summed E-state index contributed by atoms with van der Waals surface area (Å²) in [6.45, 7) is 0.752. The number of rotatable bonds is 4. The summed E-state index contributed by atoms with van der Waals surface area (Å²) in [4.78, 5) is 14.6. The highest BCUT2D eigenvalue weighted by atomic mass is 35.5. The normalized spacial score (nSPS) is 22.9. The Morgan fingerprint density at radius 2 is 1.59 bits per heavy atom. The summed E-state index contributed by atoms with van der Waals surface area (Å²) in [6.07, 6.45) is 11.0. The van der Waals surface area contributed by atoms with Gasteiger partial charge in [0.05, 0.1) is 0 Å². The quantitative estimate of drug-likeness (QED) is 0.705. The molecule has 0 aromatic heterocycles. The lowest BCUT2D eigenvalue weighted by atomic mass is 9.90. The SMILES string of the molecule is O=C(C1CCCCCCC1)N(CCCl)C1CC1. The molecular weight excluding hydrogens is 234 g/mol. The Balaban J connectivity index is 1.90. The largest absolute Gasteiger partial charge is 0.338 e. The molecule has 0 aliphatic heterocycles. The van der Waals surface area contributed by atoms with Gasteiger partial charge in [0.15, 0.2) is 0 Å². The molecule has 1 amide bonds. The van der Waals surface area contributed by atoms with Gasteiger partial charge in [-0.15, -0.1) is 11.6 Å². The van der Waals surface area contributed by atoms with Crippen molar-refractivity contribution in [2.24, 2.45) is 5.92 Å². The molecule has 0 atom stereocenters. The second kappa shape index (κ2) is 6.63. The number of alkyl halides is 1. The minimum Gasteiger partial charge on any atom is -0.338 e. The Hall–Kier alpha value is -0.240. The van der Waals surface area contributed by atoms with Crippen molar-refractivity contribution < 1.29 is 4.79 Å². The molecule has 2 saturated carbocycles. The van der Waals surface area contributed by atoms with E-state index in [1.165, 1.54) is 44.9 Å². The first-order valence-corrected chi connectivity index (χ1v) is 7.73. The summed E-state index contributed by atoms with van der Waals surface area (Å²) in [5, 5.41) is 0. The van der Waals surface area contributed by atoms with E-state index in [1.807, 2.05) is 0 Å². The molecule has 0 aromatic carbocycles. The van der Waals surface area contributed by atoms with Crippen molar-refractivity contribution in [1.29, 1.82) is 0 Å². The van der Waals surface area contributed by atoms with Crippen molar-refractivity contribution in [1.82, 2.24) is 4.90 Å². The number of hydrogen-bond acceptors (Lipinski definition) is 1. The fourth-order valence-electron chi connectivity index (χ4n) is 2.89. The van der Waals surface area contributed by atoms with Crippen molar-refractivity contribution in [2.45, 2.75) is 63.8 Å². The average molecular weight is 258 g/mol. The van der Waals surface area contributed by atoms with Gasteiger partial charge in [-0.3, -0.25) is 4.79 Å². The monoisotopic (exact) mass is 257 g/mol. The van der Waals surface area contributed by atoms with Gasteiger partial charge in [0.1, 0.15) is 0 Å². The van der Waals surface area contributed by atoms with Crippen LogP contribution in [0.2, 0.25) is 0 Å². The Morgan fingerprint density at radius 1 is 1.00 bits per heavy atom. The molecule has 98 valence electrons. The Kier molecular flexibility index (Phi) is 5.15. The summed E-state index contributed by atoms with van der Waals surface area (Å²) in [7, 11) is 0. The molecule has 0 aromatic rings. The third-order valence-corrected chi connectivity index (χ3v) is 4.22. The number of halogens is 1. The lowest BCUT2D eigenvalue weighted by Crippen LogP contribution is -2.39. The molecule has 2 nitrogen and oxygen atoms in total. The van der Waals surface area contributed by atoms with Crippen molar-refractivity contribution in [2.75, 3.05) is 12.4 Å². The van der Waals surface area contributed by atoms with E-state index in [0.717, 1.165) is 19.4 Å². The van der Waals surface area contributed by atoms with Crippen molar-refractivity contribution in [3.63, 3.8) is 0 Å². The molecule has 0 heterocycles. The number of nitrogens with zero attached hydrogens (tertiary/aromatic N) is 1. The van der Waals surface area contributed by atoms with Gasteiger partial charge in [-0.1, -0.05) is 32.1 Å². The molecule has 3 heteroatoms. The maximum atomic E-state index is 12.5. The second-order valence-corrected chi connectivity index (χ2v) is 5.87. The fourth-order valence-corrected chi connectivity index (χ4v) is 3.07. The minimum absolute atomic E-state index is 0.291. The van der Waals surface area contributed by atoms with Crippen LogP contribution >= 0.6 is 11.6 Å². The minimum atomic E-state index is 0.291. The summed E-state index contributed by atoms with van der Waals surface area (Å²) >= 11 is 5.82. The summed E-state index contributed by atoms with van der Waals surface area (Å²) in [5.41, 5.74) is 0. The smallest absolute Gasteiger partial charge is 0.225 e. The first-order chi connectivity index (χ1) is 8.33. The van der Waals surface area contributed by atoms with Crippen LogP contribution in [0.4, 0.5) is 0 Å². The third-order valence-electron chi connectivity index (χ3n) is 4.05. The summed E-state index contributed by atoms with van der Waals surface area (Å²) < 4.78 is 0. The van der Waals surface area contributed by atoms with Gasteiger partial charge in [0.25, 0.3) is 0 Å². The topological polar surface area (TPSA) is 20.3 Å². The van der Waals surface area contributed by atoms with Crippen molar-refractivity contribution in [3.8, 4) is 0 Å². The highest BCUT2D eigenvalue weighted by Gasteiger charge is 2.35. The average Bonchev–Trinajstić information content (AvgIpc) is 3.08. The molecule has 2 rings (SSSR count). The van der Waals surface area contributed by atoms with E-state index in [2.05, 4.69) is 4.90 Å². The summed E-state index contributed by atoms with van der Waals surface area (Å²) in [5.74, 6) is 1.27. The number of hydrogen-bond donors (Lipinski definition) is 0. The van der Waals surface area contributed by atoms with E-state index in [4.69, 9.17) is 11.6 Å². The van der Waals surface area contributed by atoms with Crippen LogP contribution in [0.15, 0.2) is 0 Å². The van der Waals surface area contributed by atoms with E-state index in [1.54, 1.807) is 0 Å². The molecule has 2 fully saturated rings. The van der Waals surface area contributed by atoms with Crippen LogP contribution in [0.25, 0.3) is 0 Å². The molecular formula is C14H24ClNO. The molecule has 0 N–H and O–H groups in total. The first-order valence-electron chi connectivity index (χ1n) is 7.19. The zero-order valence-corrected chi connectivity index (χ0v) is 11.4. The fraction of sp³-hybridized carbons (Fsp3) is 0.929. The van der Waals surface area contributed by atoms with E-state index in [-0.39, 0.29) is 0 Å².